The van der Waals surface area contributed by atoms with E-state index in [1.165, 1.54) is 8.61 Å². The maximum atomic E-state index is 13.0. The Hall–Kier alpha value is -0.755. The maximum absolute atomic E-state index is 13.0. The van der Waals surface area contributed by atoms with Gasteiger partial charge < -0.3 is 26.2 Å². The Balaban J connectivity index is 1.73. The van der Waals surface area contributed by atoms with Crippen LogP contribution in [0.25, 0.3) is 0 Å². The van der Waals surface area contributed by atoms with Gasteiger partial charge >= 0.3 is 13.1 Å². The average molecular weight is 376 g/mol. The van der Waals surface area contributed by atoms with Crippen molar-refractivity contribution in [3.63, 3.8) is 0 Å². The molecule has 2 aliphatic heterocycles. The highest BCUT2D eigenvalue weighted by Gasteiger charge is 2.56. The summed E-state index contributed by atoms with van der Waals surface area (Å²) in [4.78, 5) is 11.7. The Labute approximate surface area is 147 Å². The van der Waals surface area contributed by atoms with E-state index >= 15 is 0 Å². The molecule has 2 heterocycles. The van der Waals surface area contributed by atoms with Gasteiger partial charge in [0.25, 0.3) is 10.2 Å². The van der Waals surface area contributed by atoms with Gasteiger partial charge in [0.15, 0.2) is 0 Å². The Kier molecular flexibility index (Phi) is 5.14. The van der Waals surface area contributed by atoms with Crippen molar-refractivity contribution >= 4 is 23.3 Å². The number of nitrogens with zero attached hydrogens (tertiary/aromatic N) is 2. The van der Waals surface area contributed by atoms with E-state index in [0.717, 1.165) is 6.42 Å². The summed E-state index contributed by atoms with van der Waals surface area (Å²) in [5, 5.41) is 30.7. The van der Waals surface area contributed by atoms with E-state index in [4.69, 9.17) is 15.8 Å². The van der Waals surface area contributed by atoms with Gasteiger partial charge in [-0.15, -0.1) is 0 Å². The summed E-state index contributed by atoms with van der Waals surface area (Å²) < 4.78 is 28.6. The number of carboxylic acid groups (broad SMARTS) is 1. The zero-order valence-electron chi connectivity index (χ0n) is 13.9. The van der Waals surface area contributed by atoms with Crippen LogP contribution in [-0.2, 0) is 15.0 Å². The van der Waals surface area contributed by atoms with E-state index in [-0.39, 0.29) is 31.5 Å². The van der Waals surface area contributed by atoms with Crippen molar-refractivity contribution in [2.75, 3.05) is 26.2 Å². The summed E-state index contributed by atoms with van der Waals surface area (Å²) in [6.45, 7) is 0.719. The number of hydrogen-bond donors (Lipinski definition) is 5. The molecule has 0 aromatic carbocycles. The fourth-order valence-electron chi connectivity index (χ4n) is 3.89. The molecule has 12 heteroatoms. The third-order valence-electron chi connectivity index (χ3n) is 5.49. The lowest BCUT2D eigenvalue weighted by Gasteiger charge is -2.30. The van der Waals surface area contributed by atoms with Gasteiger partial charge in [0, 0.05) is 44.2 Å². The predicted molar refractivity (Wildman–Crippen MR) is 89.7 cm³/mol. The second-order valence-electron chi connectivity index (χ2n) is 7.23. The quantitative estimate of drug-likeness (QED) is 0.299. The van der Waals surface area contributed by atoms with E-state index in [2.05, 4.69) is 5.32 Å². The molecule has 1 saturated carbocycles. The number of carboxylic acids is 1. The van der Waals surface area contributed by atoms with E-state index in [1.54, 1.807) is 0 Å². The first-order valence-corrected chi connectivity index (χ1v) is 9.94. The number of rotatable bonds is 7. The summed E-state index contributed by atoms with van der Waals surface area (Å²) in [5.41, 5.74) is 4.40. The van der Waals surface area contributed by atoms with E-state index in [1.807, 2.05) is 0 Å². The van der Waals surface area contributed by atoms with Gasteiger partial charge in [0.2, 0.25) is 0 Å². The normalized spacial score (nSPS) is 36.2. The van der Waals surface area contributed by atoms with Crippen molar-refractivity contribution in [2.45, 2.75) is 43.2 Å². The first-order valence-electron chi connectivity index (χ1n) is 8.55. The van der Waals surface area contributed by atoms with Gasteiger partial charge in [-0.25, -0.2) is 0 Å². The molecule has 0 unspecified atom stereocenters. The summed E-state index contributed by atoms with van der Waals surface area (Å²) in [6.07, 6.45) is 1.55. The van der Waals surface area contributed by atoms with Crippen LogP contribution in [0.2, 0.25) is 6.32 Å². The second-order valence-corrected chi connectivity index (χ2v) is 9.11. The zero-order chi connectivity index (χ0) is 18.4. The summed E-state index contributed by atoms with van der Waals surface area (Å²) in [5.74, 6) is -1.80. The molecule has 2 saturated heterocycles. The lowest BCUT2D eigenvalue weighted by atomic mass is 9.78. The van der Waals surface area contributed by atoms with Crippen molar-refractivity contribution in [1.82, 2.24) is 13.9 Å². The Morgan fingerprint density at radius 2 is 2.12 bits per heavy atom. The first-order chi connectivity index (χ1) is 11.7. The van der Waals surface area contributed by atoms with Gasteiger partial charge in [-0.2, -0.15) is 17.0 Å². The summed E-state index contributed by atoms with van der Waals surface area (Å²) >= 11 is 0. The summed E-state index contributed by atoms with van der Waals surface area (Å²) in [7, 11) is -5.23. The Morgan fingerprint density at radius 3 is 2.76 bits per heavy atom. The van der Waals surface area contributed by atoms with Crippen LogP contribution in [0.1, 0.15) is 19.3 Å². The Morgan fingerprint density at radius 1 is 1.40 bits per heavy atom. The number of piperazine rings is 1. The lowest BCUT2D eigenvalue weighted by molar-refractivity contribution is -0.144. The number of hydrogen-bond acceptors (Lipinski definition) is 7. The fraction of sp³-hybridized carbons (Fsp3) is 0.923. The zero-order valence-corrected chi connectivity index (χ0v) is 14.7. The van der Waals surface area contributed by atoms with E-state index < -0.39 is 34.8 Å². The SMILES string of the molecule is N[C@@]1(C(=O)O)CN(S(=O)(=O)N2CCN[C@H]3C[C@H]32)C[C@@H]1CCCB(O)O. The Bertz CT molecular complexity index is 634. The standard InChI is InChI=1S/C13H25BN4O6S/c15-13(12(19)20)8-17(7-9(13)2-1-3-14(21)22)25(23,24)18-5-4-16-10-6-11(10)18/h9-11,16,21-22H,1-8,15H2,(H,19,20)/t9-,10-,11+,13-/m0/s1. The van der Waals surface area contributed by atoms with Gasteiger partial charge in [-0.1, -0.05) is 6.42 Å². The lowest BCUT2D eigenvalue weighted by Crippen LogP contribution is -2.56. The molecule has 25 heavy (non-hydrogen) atoms. The largest absolute Gasteiger partial charge is 0.480 e. The number of carbonyl (C=O) groups is 1. The molecule has 0 amide bonds. The molecule has 3 rings (SSSR count). The first kappa shape index (κ1) is 19.0. The molecule has 0 aromatic rings. The molecule has 1 aliphatic carbocycles. The maximum Gasteiger partial charge on any atom is 0.451 e. The van der Waals surface area contributed by atoms with Crippen LogP contribution in [0, 0.1) is 5.92 Å². The van der Waals surface area contributed by atoms with Gasteiger partial charge in [-0.3, -0.25) is 4.79 Å². The molecule has 3 aliphatic rings. The van der Waals surface area contributed by atoms with Crippen LogP contribution < -0.4 is 11.1 Å². The number of nitrogens with one attached hydrogen (secondary N) is 1. The minimum absolute atomic E-state index is 0.0357. The second kappa shape index (κ2) is 6.76. The average Bonchev–Trinajstić information content (AvgIpc) is 3.23. The van der Waals surface area contributed by atoms with Crippen molar-refractivity contribution in [2.24, 2.45) is 11.7 Å². The highest BCUT2D eigenvalue weighted by atomic mass is 32.2. The van der Waals surface area contributed by atoms with Gasteiger partial charge in [-0.05, 0) is 19.2 Å². The van der Waals surface area contributed by atoms with Crippen LogP contribution >= 0.6 is 0 Å². The molecule has 4 atom stereocenters. The molecule has 0 bridgehead atoms. The van der Waals surface area contributed by atoms with Crippen molar-refractivity contribution < 1.29 is 28.4 Å². The van der Waals surface area contributed by atoms with Crippen LogP contribution in [0.4, 0.5) is 0 Å². The van der Waals surface area contributed by atoms with Crippen molar-refractivity contribution in [3.8, 4) is 0 Å². The van der Waals surface area contributed by atoms with Crippen LogP contribution in [-0.4, -0.2) is 89.1 Å². The summed E-state index contributed by atoms with van der Waals surface area (Å²) in [6, 6.07) is 0.134. The molecular formula is C13H25BN4O6S. The molecule has 6 N–H and O–H groups in total. The molecule has 10 nitrogen and oxygen atoms in total. The topological polar surface area (TPSA) is 156 Å². The minimum atomic E-state index is -3.76. The molecule has 0 radical (unpaired) electrons. The minimum Gasteiger partial charge on any atom is -0.480 e. The highest BCUT2D eigenvalue weighted by molar-refractivity contribution is 7.86. The fourth-order valence-corrected chi connectivity index (χ4v) is 5.83. The predicted octanol–water partition coefficient (Wildman–Crippen LogP) is -2.76. The van der Waals surface area contributed by atoms with Crippen LogP contribution in [0.5, 0.6) is 0 Å². The van der Waals surface area contributed by atoms with Gasteiger partial charge in [0.1, 0.15) is 5.54 Å². The number of fused-ring (bicyclic) bond motifs is 1. The van der Waals surface area contributed by atoms with Gasteiger partial charge in [0.05, 0.1) is 0 Å². The monoisotopic (exact) mass is 376 g/mol. The third-order valence-corrected chi connectivity index (χ3v) is 7.47. The van der Waals surface area contributed by atoms with Crippen molar-refractivity contribution in [3.05, 3.63) is 0 Å². The molecule has 142 valence electrons. The number of aliphatic carboxylic acids is 1. The number of nitrogens with two attached hydrogens (primary N) is 1. The van der Waals surface area contributed by atoms with E-state index in [0.29, 0.717) is 25.9 Å². The third kappa shape index (κ3) is 3.57. The molecular weight excluding hydrogens is 351 g/mol. The van der Waals surface area contributed by atoms with Crippen LogP contribution in [0.3, 0.4) is 0 Å². The molecule has 0 aromatic heterocycles. The highest BCUT2D eigenvalue weighted by Crippen LogP contribution is 2.37. The van der Waals surface area contributed by atoms with Crippen LogP contribution in [0.15, 0.2) is 0 Å². The molecule has 3 fully saturated rings. The van der Waals surface area contributed by atoms with Crippen molar-refractivity contribution in [1.29, 1.82) is 0 Å². The smallest absolute Gasteiger partial charge is 0.451 e. The molecule has 0 spiro atoms. The van der Waals surface area contributed by atoms with E-state index in [9.17, 15) is 18.3 Å².